The summed E-state index contributed by atoms with van der Waals surface area (Å²) in [6.07, 6.45) is -0.168. The SMILES string of the molecule is COc1cc(-c2ccc3c(c2)CC(C)(C)C3NC(=O)O)ccc1Cl. The number of ether oxygens (including phenoxy) is 1. The van der Waals surface area contributed by atoms with Crippen molar-refractivity contribution in [3.8, 4) is 16.9 Å². The van der Waals surface area contributed by atoms with Gasteiger partial charge in [-0.1, -0.05) is 49.7 Å². The quantitative estimate of drug-likeness (QED) is 0.831. The maximum Gasteiger partial charge on any atom is 0.405 e. The Hall–Kier alpha value is -2.20. The molecular weight excluding hydrogens is 326 g/mol. The smallest absolute Gasteiger partial charge is 0.405 e. The van der Waals surface area contributed by atoms with E-state index in [1.807, 2.05) is 30.3 Å². The standard InChI is InChI=1S/C19H20ClNO3/c1-19(2)10-13-8-11(4-6-14(13)17(19)21-18(22)23)12-5-7-15(20)16(9-12)24-3/h4-9,17,21H,10H2,1-3H3,(H,22,23). The fourth-order valence-electron chi connectivity index (χ4n) is 3.47. The van der Waals surface area contributed by atoms with E-state index in [-0.39, 0.29) is 11.5 Å². The van der Waals surface area contributed by atoms with E-state index in [9.17, 15) is 4.79 Å². The molecule has 24 heavy (non-hydrogen) atoms. The molecule has 0 bridgehead atoms. The van der Waals surface area contributed by atoms with Crippen LogP contribution in [-0.2, 0) is 6.42 Å². The maximum absolute atomic E-state index is 11.1. The molecule has 126 valence electrons. The summed E-state index contributed by atoms with van der Waals surface area (Å²) in [5, 5.41) is 12.3. The van der Waals surface area contributed by atoms with Crippen LogP contribution in [0.1, 0.15) is 31.0 Å². The predicted molar refractivity (Wildman–Crippen MR) is 94.8 cm³/mol. The lowest BCUT2D eigenvalue weighted by atomic mass is 9.85. The van der Waals surface area contributed by atoms with Crippen LogP contribution in [0.3, 0.4) is 0 Å². The van der Waals surface area contributed by atoms with Crippen molar-refractivity contribution in [2.45, 2.75) is 26.3 Å². The highest BCUT2D eigenvalue weighted by atomic mass is 35.5. The zero-order valence-corrected chi connectivity index (χ0v) is 14.6. The number of rotatable bonds is 3. The molecule has 0 heterocycles. The van der Waals surface area contributed by atoms with Gasteiger partial charge in [0.05, 0.1) is 18.2 Å². The number of halogens is 1. The molecule has 0 aromatic heterocycles. The third kappa shape index (κ3) is 2.94. The summed E-state index contributed by atoms with van der Waals surface area (Å²) in [5.74, 6) is 0.639. The first-order chi connectivity index (χ1) is 11.3. The molecule has 1 atom stereocenters. The lowest BCUT2D eigenvalue weighted by Gasteiger charge is -2.27. The molecule has 2 aromatic carbocycles. The predicted octanol–water partition coefficient (Wildman–Crippen LogP) is 4.91. The van der Waals surface area contributed by atoms with Crippen LogP contribution in [0.4, 0.5) is 4.79 Å². The van der Waals surface area contributed by atoms with E-state index in [0.717, 1.165) is 23.1 Å². The molecule has 1 aliphatic carbocycles. The molecule has 1 amide bonds. The number of nitrogens with one attached hydrogen (secondary N) is 1. The summed E-state index contributed by atoms with van der Waals surface area (Å²) in [5.41, 5.74) is 4.15. The molecule has 0 saturated heterocycles. The van der Waals surface area contributed by atoms with Gasteiger partial charge in [0.1, 0.15) is 5.75 Å². The highest BCUT2D eigenvalue weighted by Gasteiger charge is 2.39. The van der Waals surface area contributed by atoms with Crippen LogP contribution < -0.4 is 10.1 Å². The lowest BCUT2D eigenvalue weighted by molar-refractivity contribution is 0.175. The summed E-state index contributed by atoms with van der Waals surface area (Å²) in [4.78, 5) is 11.1. The average molecular weight is 346 g/mol. The molecule has 2 N–H and O–H groups in total. The van der Waals surface area contributed by atoms with Crippen LogP contribution in [0.15, 0.2) is 36.4 Å². The minimum absolute atomic E-state index is 0.156. The first-order valence-electron chi connectivity index (χ1n) is 7.78. The Morgan fingerprint density at radius 1 is 1.25 bits per heavy atom. The van der Waals surface area contributed by atoms with Crippen molar-refractivity contribution in [3.05, 3.63) is 52.5 Å². The van der Waals surface area contributed by atoms with E-state index in [2.05, 4.69) is 25.2 Å². The Bertz CT molecular complexity index is 801. The number of carbonyl (C=O) groups is 1. The van der Waals surface area contributed by atoms with Crippen LogP contribution in [0.2, 0.25) is 5.02 Å². The largest absolute Gasteiger partial charge is 0.495 e. The van der Waals surface area contributed by atoms with Gasteiger partial charge >= 0.3 is 6.09 Å². The maximum atomic E-state index is 11.1. The summed E-state index contributed by atoms with van der Waals surface area (Å²) >= 11 is 6.09. The van der Waals surface area contributed by atoms with Crippen molar-refractivity contribution >= 4 is 17.7 Å². The van der Waals surface area contributed by atoms with Crippen molar-refractivity contribution in [2.75, 3.05) is 7.11 Å². The van der Waals surface area contributed by atoms with Crippen molar-refractivity contribution < 1.29 is 14.6 Å². The van der Waals surface area contributed by atoms with E-state index < -0.39 is 6.09 Å². The number of hydrogen-bond donors (Lipinski definition) is 2. The Kier molecular flexibility index (Phi) is 4.18. The van der Waals surface area contributed by atoms with Gasteiger partial charge < -0.3 is 15.2 Å². The van der Waals surface area contributed by atoms with Gasteiger partial charge in [-0.2, -0.15) is 0 Å². The van der Waals surface area contributed by atoms with Crippen LogP contribution in [0.25, 0.3) is 11.1 Å². The van der Waals surface area contributed by atoms with Gasteiger partial charge in [-0.3, -0.25) is 0 Å². The first kappa shape index (κ1) is 16.7. The number of benzene rings is 2. The van der Waals surface area contributed by atoms with Crippen molar-refractivity contribution in [1.29, 1.82) is 0 Å². The lowest BCUT2D eigenvalue weighted by Crippen LogP contribution is -2.34. The van der Waals surface area contributed by atoms with Gasteiger partial charge in [0.2, 0.25) is 0 Å². The molecule has 3 rings (SSSR count). The number of amides is 1. The van der Waals surface area contributed by atoms with E-state index in [4.69, 9.17) is 21.4 Å². The fourth-order valence-corrected chi connectivity index (χ4v) is 3.66. The molecule has 0 aliphatic heterocycles. The first-order valence-corrected chi connectivity index (χ1v) is 8.16. The normalized spacial score (nSPS) is 18.1. The van der Waals surface area contributed by atoms with Crippen LogP contribution >= 0.6 is 11.6 Å². The van der Waals surface area contributed by atoms with E-state index in [1.165, 1.54) is 5.56 Å². The third-order valence-electron chi connectivity index (χ3n) is 4.63. The Morgan fingerprint density at radius 2 is 1.92 bits per heavy atom. The van der Waals surface area contributed by atoms with Crippen molar-refractivity contribution in [2.24, 2.45) is 5.41 Å². The topological polar surface area (TPSA) is 58.6 Å². The van der Waals surface area contributed by atoms with E-state index in [0.29, 0.717) is 10.8 Å². The fraction of sp³-hybridized carbons (Fsp3) is 0.316. The third-order valence-corrected chi connectivity index (χ3v) is 4.95. The van der Waals surface area contributed by atoms with Crippen LogP contribution in [-0.4, -0.2) is 18.3 Å². The van der Waals surface area contributed by atoms with Gasteiger partial charge in [-0.25, -0.2) is 4.79 Å². The molecule has 1 aliphatic rings. The number of carboxylic acid groups (broad SMARTS) is 1. The minimum atomic E-state index is -0.993. The van der Waals surface area contributed by atoms with Gasteiger partial charge in [-0.15, -0.1) is 0 Å². The van der Waals surface area contributed by atoms with Gasteiger partial charge in [0.15, 0.2) is 0 Å². The number of hydrogen-bond acceptors (Lipinski definition) is 2. The van der Waals surface area contributed by atoms with Crippen LogP contribution in [0, 0.1) is 5.41 Å². The van der Waals surface area contributed by atoms with Gasteiger partial charge in [-0.05, 0) is 46.2 Å². The van der Waals surface area contributed by atoms with Crippen LogP contribution in [0.5, 0.6) is 5.75 Å². The highest BCUT2D eigenvalue weighted by molar-refractivity contribution is 6.32. The molecule has 1 unspecified atom stereocenters. The van der Waals surface area contributed by atoms with Crippen molar-refractivity contribution in [3.63, 3.8) is 0 Å². The van der Waals surface area contributed by atoms with E-state index >= 15 is 0 Å². The average Bonchev–Trinajstić information content (AvgIpc) is 2.77. The monoisotopic (exact) mass is 345 g/mol. The summed E-state index contributed by atoms with van der Waals surface area (Å²) in [6, 6.07) is 11.7. The second-order valence-corrected chi connectivity index (χ2v) is 7.22. The zero-order valence-electron chi connectivity index (χ0n) is 13.9. The molecule has 0 fully saturated rings. The molecule has 4 nitrogen and oxygen atoms in total. The minimum Gasteiger partial charge on any atom is -0.495 e. The molecule has 0 saturated carbocycles. The zero-order chi connectivity index (χ0) is 17.5. The second-order valence-electron chi connectivity index (χ2n) is 6.81. The Balaban J connectivity index is 2.00. The Morgan fingerprint density at radius 3 is 2.58 bits per heavy atom. The molecule has 0 spiro atoms. The van der Waals surface area contributed by atoms with Gasteiger partial charge in [0, 0.05) is 0 Å². The van der Waals surface area contributed by atoms with E-state index in [1.54, 1.807) is 7.11 Å². The molecule has 2 aromatic rings. The number of fused-ring (bicyclic) bond motifs is 1. The highest BCUT2D eigenvalue weighted by Crippen LogP contribution is 2.46. The van der Waals surface area contributed by atoms with Crippen molar-refractivity contribution in [1.82, 2.24) is 5.32 Å². The molecular formula is C19H20ClNO3. The summed E-state index contributed by atoms with van der Waals surface area (Å²) in [7, 11) is 1.60. The summed E-state index contributed by atoms with van der Waals surface area (Å²) < 4.78 is 5.29. The number of methoxy groups -OCH3 is 1. The second kappa shape index (κ2) is 6.02. The molecule has 0 radical (unpaired) electrons. The summed E-state index contributed by atoms with van der Waals surface area (Å²) in [6.45, 7) is 4.16. The molecule has 5 heteroatoms. The Labute approximate surface area is 146 Å². The van der Waals surface area contributed by atoms with Gasteiger partial charge in [0.25, 0.3) is 0 Å².